The smallest absolute Gasteiger partial charge is 0.323 e. The van der Waals surface area contributed by atoms with Gasteiger partial charge in [0.25, 0.3) is 0 Å². The highest BCUT2D eigenvalue weighted by Crippen LogP contribution is 2.35. The van der Waals surface area contributed by atoms with Crippen LogP contribution in [0.4, 0.5) is 16.2 Å². The zero-order valence-corrected chi connectivity index (χ0v) is 14.6. The van der Waals surface area contributed by atoms with Gasteiger partial charge in [-0.3, -0.25) is 4.68 Å². The molecule has 6 nitrogen and oxygen atoms in total. The molecule has 0 saturated heterocycles. The van der Waals surface area contributed by atoms with Crippen LogP contribution in [0.5, 0.6) is 5.75 Å². The molecule has 1 heterocycles. The Morgan fingerprint density at radius 3 is 2.36 bits per heavy atom. The third-order valence-electron chi connectivity index (χ3n) is 3.51. The van der Waals surface area contributed by atoms with Crippen LogP contribution in [0, 0.1) is 0 Å². The van der Waals surface area contributed by atoms with Gasteiger partial charge in [-0.05, 0) is 42.5 Å². The molecule has 0 aliphatic rings. The number of aromatic hydroxyl groups is 1. The van der Waals surface area contributed by atoms with E-state index in [9.17, 15) is 9.90 Å². The quantitative estimate of drug-likeness (QED) is 0.577. The van der Waals surface area contributed by atoms with E-state index in [2.05, 4.69) is 15.7 Å². The molecule has 0 saturated carbocycles. The van der Waals surface area contributed by atoms with Crippen LogP contribution < -0.4 is 10.6 Å². The topological polar surface area (TPSA) is 79.2 Å². The minimum atomic E-state index is -0.421. The summed E-state index contributed by atoms with van der Waals surface area (Å²) in [5, 5.41) is 20.6. The standard InChI is InChI=1S/C17H14Cl2N4O2/c1-23-16(14(19)9-20-23)13-8-12(6-7-15(13)24)22-17(25)21-11-4-2-10(18)3-5-11/h2-9,24H,1H3,(H2,21,22,25). The molecule has 0 fully saturated rings. The lowest BCUT2D eigenvalue weighted by atomic mass is 10.1. The number of rotatable bonds is 3. The first-order chi connectivity index (χ1) is 11.9. The van der Waals surface area contributed by atoms with Gasteiger partial charge in [0.2, 0.25) is 0 Å². The number of aryl methyl sites for hydroxylation is 1. The predicted molar refractivity (Wildman–Crippen MR) is 99.4 cm³/mol. The maximum Gasteiger partial charge on any atom is 0.323 e. The molecule has 2 amide bonds. The number of halogens is 2. The van der Waals surface area contributed by atoms with Crippen molar-refractivity contribution in [2.75, 3.05) is 10.6 Å². The molecule has 0 aliphatic carbocycles. The van der Waals surface area contributed by atoms with Crippen LogP contribution in [-0.2, 0) is 7.05 Å². The van der Waals surface area contributed by atoms with Gasteiger partial charge in [0.05, 0.1) is 16.9 Å². The maximum absolute atomic E-state index is 12.1. The maximum atomic E-state index is 12.1. The number of carbonyl (C=O) groups excluding carboxylic acids is 1. The fourth-order valence-corrected chi connectivity index (χ4v) is 2.74. The lowest BCUT2D eigenvalue weighted by Gasteiger charge is -2.11. The van der Waals surface area contributed by atoms with E-state index >= 15 is 0 Å². The number of phenols is 1. The molecule has 1 aromatic heterocycles. The number of hydrogen-bond acceptors (Lipinski definition) is 3. The van der Waals surface area contributed by atoms with E-state index in [4.69, 9.17) is 23.2 Å². The number of benzene rings is 2. The van der Waals surface area contributed by atoms with Crippen molar-refractivity contribution in [1.82, 2.24) is 9.78 Å². The van der Waals surface area contributed by atoms with Crippen LogP contribution in [0.2, 0.25) is 10.0 Å². The summed E-state index contributed by atoms with van der Waals surface area (Å²) in [5.41, 5.74) is 2.13. The van der Waals surface area contributed by atoms with Crippen LogP contribution in [-0.4, -0.2) is 20.9 Å². The average molecular weight is 377 g/mol. The van der Waals surface area contributed by atoms with E-state index in [0.717, 1.165) is 0 Å². The first-order valence-electron chi connectivity index (χ1n) is 7.28. The number of urea groups is 1. The fourth-order valence-electron chi connectivity index (χ4n) is 2.34. The van der Waals surface area contributed by atoms with Crippen LogP contribution in [0.15, 0.2) is 48.7 Å². The van der Waals surface area contributed by atoms with E-state index < -0.39 is 6.03 Å². The highest BCUT2D eigenvalue weighted by atomic mass is 35.5. The Kier molecular flexibility index (Phi) is 4.83. The summed E-state index contributed by atoms with van der Waals surface area (Å²) in [6, 6.07) is 11.0. The van der Waals surface area contributed by atoms with Gasteiger partial charge in [-0.2, -0.15) is 5.10 Å². The van der Waals surface area contributed by atoms with Crippen molar-refractivity contribution in [2.45, 2.75) is 0 Å². The summed E-state index contributed by atoms with van der Waals surface area (Å²) >= 11 is 11.9. The first kappa shape index (κ1) is 17.1. The monoisotopic (exact) mass is 376 g/mol. The molecule has 2 aromatic carbocycles. The van der Waals surface area contributed by atoms with Gasteiger partial charge in [-0.15, -0.1) is 0 Å². The Morgan fingerprint density at radius 2 is 1.72 bits per heavy atom. The van der Waals surface area contributed by atoms with E-state index in [1.165, 1.54) is 12.3 Å². The number of amides is 2. The van der Waals surface area contributed by atoms with E-state index in [-0.39, 0.29) is 5.75 Å². The third-order valence-corrected chi connectivity index (χ3v) is 4.03. The largest absolute Gasteiger partial charge is 0.507 e. The van der Waals surface area contributed by atoms with Crippen molar-refractivity contribution >= 4 is 40.6 Å². The summed E-state index contributed by atoms with van der Waals surface area (Å²) in [6.07, 6.45) is 1.49. The van der Waals surface area contributed by atoms with Crippen LogP contribution >= 0.6 is 23.2 Å². The van der Waals surface area contributed by atoms with Crippen molar-refractivity contribution in [3.63, 3.8) is 0 Å². The summed E-state index contributed by atoms with van der Waals surface area (Å²) in [4.78, 5) is 12.1. The number of phenolic OH excluding ortho intramolecular Hbond substituents is 1. The molecule has 0 spiro atoms. The number of hydrogen-bond donors (Lipinski definition) is 3. The molecular formula is C17H14Cl2N4O2. The molecule has 0 unspecified atom stereocenters. The van der Waals surface area contributed by atoms with Crippen LogP contribution in [0.3, 0.4) is 0 Å². The van der Waals surface area contributed by atoms with E-state index in [1.807, 2.05) is 0 Å². The molecule has 0 radical (unpaired) electrons. The van der Waals surface area contributed by atoms with Gasteiger partial charge < -0.3 is 15.7 Å². The van der Waals surface area contributed by atoms with Crippen molar-refractivity contribution in [3.8, 4) is 17.0 Å². The lowest BCUT2D eigenvalue weighted by molar-refractivity contribution is 0.262. The zero-order chi connectivity index (χ0) is 18.0. The first-order valence-corrected chi connectivity index (χ1v) is 8.04. The summed E-state index contributed by atoms with van der Waals surface area (Å²) in [5.74, 6) is 0.0363. The van der Waals surface area contributed by atoms with Gasteiger partial charge in [-0.1, -0.05) is 23.2 Å². The number of aromatic nitrogens is 2. The number of nitrogens with one attached hydrogen (secondary N) is 2. The number of nitrogens with zero attached hydrogens (tertiary/aromatic N) is 2. The van der Waals surface area contributed by atoms with Gasteiger partial charge >= 0.3 is 6.03 Å². The van der Waals surface area contributed by atoms with Crippen LogP contribution in [0.1, 0.15) is 0 Å². The molecule has 0 bridgehead atoms. The SMILES string of the molecule is Cn1ncc(Cl)c1-c1cc(NC(=O)Nc2ccc(Cl)cc2)ccc1O. The van der Waals surface area contributed by atoms with E-state index in [1.54, 1.807) is 48.1 Å². The van der Waals surface area contributed by atoms with Crippen LogP contribution in [0.25, 0.3) is 11.3 Å². The molecular weight excluding hydrogens is 363 g/mol. The molecule has 8 heteroatoms. The van der Waals surface area contributed by atoms with Crippen molar-refractivity contribution in [1.29, 1.82) is 0 Å². The van der Waals surface area contributed by atoms with Gasteiger partial charge in [-0.25, -0.2) is 4.79 Å². The summed E-state index contributed by atoms with van der Waals surface area (Å²) < 4.78 is 1.55. The lowest BCUT2D eigenvalue weighted by Crippen LogP contribution is -2.19. The minimum absolute atomic E-state index is 0.0363. The second-order valence-corrected chi connectivity index (χ2v) is 6.13. The molecule has 3 rings (SSSR count). The van der Waals surface area contributed by atoms with Gasteiger partial charge in [0.1, 0.15) is 5.75 Å². The summed E-state index contributed by atoms with van der Waals surface area (Å²) in [6.45, 7) is 0. The Balaban J connectivity index is 1.80. The van der Waals surface area contributed by atoms with Crippen molar-refractivity contribution in [3.05, 3.63) is 58.7 Å². The normalized spacial score (nSPS) is 10.5. The molecule has 3 N–H and O–H groups in total. The second-order valence-electron chi connectivity index (χ2n) is 5.28. The Bertz CT molecular complexity index is 903. The molecule has 25 heavy (non-hydrogen) atoms. The predicted octanol–water partition coefficient (Wildman–Crippen LogP) is 4.74. The molecule has 0 aliphatic heterocycles. The van der Waals surface area contributed by atoms with Gasteiger partial charge in [0.15, 0.2) is 0 Å². The van der Waals surface area contributed by atoms with Crippen molar-refractivity contribution < 1.29 is 9.90 Å². The number of anilines is 2. The minimum Gasteiger partial charge on any atom is -0.507 e. The molecule has 3 aromatic rings. The van der Waals surface area contributed by atoms with E-state index in [0.29, 0.717) is 32.7 Å². The van der Waals surface area contributed by atoms with Crippen molar-refractivity contribution in [2.24, 2.45) is 7.05 Å². The molecule has 0 atom stereocenters. The Hall–Kier alpha value is -2.70. The zero-order valence-electron chi connectivity index (χ0n) is 13.1. The van der Waals surface area contributed by atoms with Gasteiger partial charge in [0, 0.05) is 29.0 Å². The third kappa shape index (κ3) is 3.87. The average Bonchev–Trinajstić information content (AvgIpc) is 2.90. The fraction of sp³-hybridized carbons (Fsp3) is 0.0588. The molecule has 128 valence electrons. The highest BCUT2D eigenvalue weighted by molar-refractivity contribution is 6.33. The summed E-state index contributed by atoms with van der Waals surface area (Å²) in [7, 11) is 1.72. The number of carbonyl (C=O) groups is 1. The highest BCUT2D eigenvalue weighted by Gasteiger charge is 2.14. The Morgan fingerprint density at radius 1 is 1.08 bits per heavy atom. The Labute approximate surface area is 154 Å². The second kappa shape index (κ2) is 7.04.